The summed E-state index contributed by atoms with van der Waals surface area (Å²) in [6.07, 6.45) is 2.92. The molecule has 0 radical (unpaired) electrons. The van der Waals surface area contributed by atoms with Crippen molar-refractivity contribution >= 4 is 28.0 Å². The third-order valence-corrected chi connectivity index (χ3v) is 5.61. The molecule has 4 heterocycles. The molecular weight excluding hydrogens is 332 g/mol. The number of nitrogens with one attached hydrogen (secondary N) is 1. The van der Waals surface area contributed by atoms with E-state index in [1.807, 2.05) is 11.4 Å². The molecule has 0 atom stereocenters. The molecule has 6 nitrogen and oxygen atoms in total. The van der Waals surface area contributed by atoms with Gasteiger partial charge >= 0.3 is 0 Å². The van der Waals surface area contributed by atoms with Crippen LogP contribution in [0.4, 0.5) is 0 Å². The van der Waals surface area contributed by atoms with Crippen molar-refractivity contribution in [2.24, 2.45) is 0 Å². The van der Waals surface area contributed by atoms with Crippen LogP contribution in [0.3, 0.4) is 0 Å². The molecule has 4 aromatic heterocycles. The first-order valence-electron chi connectivity index (χ1n) is 8.60. The van der Waals surface area contributed by atoms with Gasteiger partial charge in [-0.15, -0.1) is 16.4 Å². The van der Waals surface area contributed by atoms with E-state index in [1.165, 1.54) is 16.2 Å². The zero-order valence-corrected chi connectivity index (χ0v) is 15.9. The maximum atomic E-state index is 4.81. The Hall–Kier alpha value is -2.25. The molecule has 0 unspecified atom stereocenters. The fourth-order valence-electron chi connectivity index (χ4n) is 3.30. The van der Waals surface area contributed by atoms with Crippen molar-refractivity contribution in [1.82, 2.24) is 24.1 Å². The van der Waals surface area contributed by atoms with Crippen LogP contribution in [0.5, 0.6) is 0 Å². The molecule has 0 spiro atoms. The average Bonchev–Trinajstić information content (AvgIpc) is 3.28. The van der Waals surface area contributed by atoms with Crippen LogP contribution >= 0.6 is 11.3 Å². The average molecular weight is 355 g/mol. The van der Waals surface area contributed by atoms with Gasteiger partial charge in [-0.05, 0) is 30.9 Å². The second kappa shape index (κ2) is 6.24. The monoisotopic (exact) mass is 355 g/mol. The van der Waals surface area contributed by atoms with E-state index in [0.29, 0.717) is 0 Å². The number of fused-ring (bicyclic) bond motifs is 3. The lowest BCUT2D eigenvalue weighted by atomic mass is 10.2. The number of aryl methyl sites for hydroxylation is 2. The quantitative estimate of drug-likeness (QED) is 0.595. The molecule has 4 aromatic rings. The van der Waals surface area contributed by atoms with Crippen LogP contribution in [0.1, 0.15) is 17.7 Å². The van der Waals surface area contributed by atoms with Gasteiger partial charge < -0.3 is 9.47 Å². The summed E-state index contributed by atoms with van der Waals surface area (Å²) < 4.78 is 4.13. The third kappa shape index (κ3) is 2.73. The summed E-state index contributed by atoms with van der Waals surface area (Å²) in [5.41, 5.74) is 4.42. The highest BCUT2D eigenvalue weighted by Gasteiger charge is 2.18. The van der Waals surface area contributed by atoms with Crippen LogP contribution in [0.2, 0.25) is 0 Å². The first-order valence-corrected chi connectivity index (χ1v) is 9.48. The summed E-state index contributed by atoms with van der Waals surface area (Å²) in [4.78, 5) is 12.1. The molecule has 0 amide bonds. The molecule has 0 bridgehead atoms. The van der Waals surface area contributed by atoms with Gasteiger partial charge in [0.1, 0.15) is 12.0 Å². The molecule has 0 aliphatic rings. The summed E-state index contributed by atoms with van der Waals surface area (Å²) in [7, 11) is 4.38. The van der Waals surface area contributed by atoms with Gasteiger partial charge in [-0.2, -0.15) is 0 Å². The molecule has 7 heteroatoms. The fraction of sp³-hybridized carbons (Fsp3) is 0.389. The number of thiophene rings is 1. The Morgan fingerprint density at radius 2 is 2.04 bits per heavy atom. The molecule has 0 aliphatic carbocycles. The Morgan fingerprint density at radius 1 is 1.20 bits per heavy atom. The van der Waals surface area contributed by atoms with Gasteiger partial charge in [0, 0.05) is 18.7 Å². The number of hydrogen-bond acceptors (Lipinski definition) is 4. The predicted octanol–water partition coefficient (Wildman–Crippen LogP) is 1.96. The lowest BCUT2D eigenvalue weighted by molar-refractivity contribution is -0.858. The molecule has 0 saturated carbocycles. The lowest BCUT2D eigenvalue weighted by Gasteiger charge is -2.10. The van der Waals surface area contributed by atoms with Crippen LogP contribution in [0, 0.1) is 13.8 Å². The third-order valence-electron chi connectivity index (χ3n) is 4.75. The van der Waals surface area contributed by atoms with E-state index in [-0.39, 0.29) is 0 Å². The largest absolute Gasteiger partial charge is 0.340 e. The minimum Gasteiger partial charge on any atom is -0.340 e. The molecule has 4 rings (SSSR count). The standard InChI is InChI=1S/C18H22N6S/c1-12-13(2)23(9-6-8-22(3)4)17-15(12)18-20-16(14-7-5-10-25-14)21-24(18)11-19-17/h5,7,10-11H,6,8-9H2,1-4H3/p+1. The van der Waals surface area contributed by atoms with E-state index in [2.05, 4.69) is 43.7 Å². The van der Waals surface area contributed by atoms with Crippen molar-refractivity contribution < 1.29 is 4.90 Å². The molecule has 25 heavy (non-hydrogen) atoms. The van der Waals surface area contributed by atoms with Gasteiger partial charge in [0.25, 0.3) is 0 Å². The van der Waals surface area contributed by atoms with Crippen molar-refractivity contribution in [3.8, 4) is 10.7 Å². The molecule has 0 aliphatic heterocycles. The second-order valence-corrected chi connectivity index (χ2v) is 7.74. The molecule has 1 N–H and O–H groups in total. The van der Waals surface area contributed by atoms with Crippen LogP contribution in [-0.4, -0.2) is 44.8 Å². The highest BCUT2D eigenvalue weighted by molar-refractivity contribution is 7.13. The second-order valence-electron chi connectivity index (χ2n) is 6.80. The number of hydrogen-bond donors (Lipinski definition) is 1. The maximum Gasteiger partial charge on any atom is 0.192 e. The molecular formula is C18H23N6S+. The van der Waals surface area contributed by atoms with Crippen LogP contribution in [0.25, 0.3) is 27.4 Å². The van der Waals surface area contributed by atoms with Gasteiger partial charge in [-0.3, -0.25) is 0 Å². The van der Waals surface area contributed by atoms with Crippen molar-refractivity contribution in [1.29, 1.82) is 0 Å². The Kier molecular flexibility index (Phi) is 4.05. The van der Waals surface area contributed by atoms with Crippen molar-refractivity contribution in [3.63, 3.8) is 0 Å². The van der Waals surface area contributed by atoms with Gasteiger partial charge in [0.05, 0.1) is 30.9 Å². The van der Waals surface area contributed by atoms with Gasteiger partial charge in [-0.1, -0.05) is 6.07 Å². The summed E-state index contributed by atoms with van der Waals surface area (Å²) in [5, 5.41) is 7.78. The highest BCUT2D eigenvalue weighted by Crippen LogP contribution is 2.29. The molecule has 0 saturated heterocycles. The Labute approximate surface area is 150 Å². The van der Waals surface area contributed by atoms with E-state index >= 15 is 0 Å². The van der Waals surface area contributed by atoms with E-state index < -0.39 is 0 Å². The number of quaternary nitrogens is 1. The van der Waals surface area contributed by atoms with E-state index in [0.717, 1.165) is 46.9 Å². The zero-order valence-electron chi connectivity index (χ0n) is 15.1. The first kappa shape index (κ1) is 16.2. The van der Waals surface area contributed by atoms with E-state index in [4.69, 9.17) is 9.97 Å². The fourth-order valence-corrected chi connectivity index (χ4v) is 3.96. The summed E-state index contributed by atoms with van der Waals surface area (Å²) in [6, 6.07) is 4.08. The predicted molar refractivity (Wildman–Crippen MR) is 101 cm³/mol. The minimum atomic E-state index is 0.769. The Bertz CT molecular complexity index is 1030. The molecule has 0 fully saturated rings. The number of nitrogens with zero attached hydrogens (tertiary/aromatic N) is 5. The molecule has 0 aromatic carbocycles. The zero-order chi connectivity index (χ0) is 17.6. The first-order chi connectivity index (χ1) is 12.1. The van der Waals surface area contributed by atoms with Crippen LogP contribution < -0.4 is 4.90 Å². The Balaban J connectivity index is 1.84. The minimum absolute atomic E-state index is 0.769. The van der Waals surface area contributed by atoms with Gasteiger partial charge in [0.15, 0.2) is 11.5 Å². The van der Waals surface area contributed by atoms with E-state index in [1.54, 1.807) is 22.2 Å². The topological polar surface area (TPSA) is 52.5 Å². The summed E-state index contributed by atoms with van der Waals surface area (Å²) in [6.45, 7) is 6.46. The van der Waals surface area contributed by atoms with Gasteiger partial charge in [0.2, 0.25) is 0 Å². The van der Waals surface area contributed by atoms with Crippen molar-refractivity contribution in [3.05, 3.63) is 35.1 Å². The molecule has 130 valence electrons. The normalized spacial score (nSPS) is 12.0. The Morgan fingerprint density at radius 3 is 2.76 bits per heavy atom. The number of aromatic nitrogens is 5. The summed E-state index contributed by atoms with van der Waals surface area (Å²) in [5.74, 6) is 0.769. The van der Waals surface area contributed by atoms with Crippen molar-refractivity contribution in [2.75, 3.05) is 20.6 Å². The summed E-state index contributed by atoms with van der Waals surface area (Å²) >= 11 is 1.66. The van der Waals surface area contributed by atoms with Crippen LogP contribution in [0.15, 0.2) is 23.8 Å². The SMILES string of the molecule is Cc1c(C)n(CCC[NH+](C)C)c2ncn3nc(-c4cccs4)nc3c12. The highest BCUT2D eigenvalue weighted by atomic mass is 32.1. The number of rotatable bonds is 5. The maximum absolute atomic E-state index is 4.81. The smallest absolute Gasteiger partial charge is 0.192 e. The van der Waals surface area contributed by atoms with Crippen LogP contribution in [-0.2, 0) is 6.54 Å². The van der Waals surface area contributed by atoms with Gasteiger partial charge in [-0.25, -0.2) is 14.5 Å². The van der Waals surface area contributed by atoms with Crippen molar-refractivity contribution in [2.45, 2.75) is 26.8 Å². The lowest BCUT2D eigenvalue weighted by Crippen LogP contribution is -3.05. The van der Waals surface area contributed by atoms with E-state index in [9.17, 15) is 0 Å².